The number of hydrogen-bond acceptors (Lipinski definition) is 5. The van der Waals surface area contributed by atoms with Gasteiger partial charge in [-0.15, -0.1) is 0 Å². The van der Waals surface area contributed by atoms with E-state index in [0.717, 1.165) is 31.2 Å². The molecular weight excluding hydrogens is 382 g/mol. The molecule has 0 radical (unpaired) electrons. The molecule has 3 rings (SSSR count). The van der Waals surface area contributed by atoms with Gasteiger partial charge in [0.25, 0.3) is 5.91 Å². The van der Waals surface area contributed by atoms with Gasteiger partial charge in [0, 0.05) is 17.2 Å². The molecule has 0 unspecified atom stereocenters. The van der Waals surface area contributed by atoms with Gasteiger partial charge in [-0.3, -0.25) is 9.59 Å². The van der Waals surface area contributed by atoms with Crippen molar-refractivity contribution in [2.24, 2.45) is 11.0 Å². The fourth-order valence-corrected chi connectivity index (χ4v) is 3.48. The van der Waals surface area contributed by atoms with Gasteiger partial charge in [0.2, 0.25) is 5.91 Å². The molecule has 30 heavy (non-hydrogen) atoms. The summed E-state index contributed by atoms with van der Waals surface area (Å²) in [7, 11) is 3.13. The Balaban J connectivity index is 1.54. The fraction of sp³-hybridized carbons (Fsp3) is 0.348. The standard InChI is InChI=1S/C23H27N3O4/c1-29-20-13-8-16(14-21(20)30-2)15-24-26-23(28)18-9-11-19(12-10-18)25-22(27)17-6-4-3-5-7-17/h8-15,17H,3-7H2,1-2H3,(H,25,27)(H,26,28). The van der Waals surface area contributed by atoms with Crippen molar-refractivity contribution in [3.63, 3.8) is 0 Å². The number of rotatable bonds is 7. The highest BCUT2D eigenvalue weighted by Gasteiger charge is 2.21. The summed E-state index contributed by atoms with van der Waals surface area (Å²) in [5.41, 5.74) is 4.40. The first kappa shape index (κ1) is 21.4. The Morgan fingerprint density at radius 2 is 1.67 bits per heavy atom. The van der Waals surface area contributed by atoms with Crippen LogP contribution in [0.4, 0.5) is 5.69 Å². The van der Waals surface area contributed by atoms with Gasteiger partial charge in [0.05, 0.1) is 20.4 Å². The lowest BCUT2D eigenvalue weighted by Gasteiger charge is -2.20. The van der Waals surface area contributed by atoms with Crippen LogP contribution in [0.15, 0.2) is 47.6 Å². The molecule has 0 spiro atoms. The molecule has 0 heterocycles. The Morgan fingerprint density at radius 1 is 0.967 bits per heavy atom. The molecule has 1 saturated carbocycles. The number of carbonyl (C=O) groups is 2. The molecule has 1 aliphatic rings. The number of amides is 2. The van der Waals surface area contributed by atoms with E-state index in [1.807, 2.05) is 0 Å². The molecule has 158 valence electrons. The van der Waals surface area contributed by atoms with Gasteiger partial charge < -0.3 is 14.8 Å². The van der Waals surface area contributed by atoms with Crippen molar-refractivity contribution < 1.29 is 19.1 Å². The van der Waals surface area contributed by atoms with Crippen molar-refractivity contribution in [3.8, 4) is 11.5 Å². The van der Waals surface area contributed by atoms with Crippen molar-refractivity contribution in [2.75, 3.05) is 19.5 Å². The summed E-state index contributed by atoms with van der Waals surface area (Å²) in [5, 5.41) is 6.93. The van der Waals surface area contributed by atoms with E-state index in [1.165, 1.54) is 12.6 Å². The summed E-state index contributed by atoms with van der Waals surface area (Å²) in [4.78, 5) is 24.6. The van der Waals surface area contributed by atoms with Crippen LogP contribution < -0.4 is 20.2 Å². The second-order valence-electron chi connectivity index (χ2n) is 7.22. The van der Waals surface area contributed by atoms with Crippen LogP contribution in [-0.4, -0.2) is 32.2 Å². The van der Waals surface area contributed by atoms with E-state index >= 15 is 0 Å². The minimum absolute atomic E-state index is 0.0615. The predicted molar refractivity (Wildman–Crippen MR) is 116 cm³/mol. The molecule has 1 fully saturated rings. The maximum absolute atomic E-state index is 12.3. The molecule has 0 atom stereocenters. The van der Waals surface area contributed by atoms with Crippen LogP contribution >= 0.6 is 0 Å². The summed E-state index contributed by atoms with van der Waals surface area (Å²) in [5.74, 6) is 1.02. The van der Waals surface area contributed by atoms with Crippen LogP contribution in [-0.2, 0) is 4.79 Å². The maximum Gasteiger partial charge on any atom is 0.271 e. The van der Waals surface area contributed by atoms with E-state index in [1.54, 1.807) is 56.7 Å². The number of anilines is 1. The Bertz CT molecular complexity index is 903. The first-order valence-corrected chi connectivity index (χ1v) is 10.1. The van der Waals surface area contributed by atoms with E-state index in [4.69, 9.17) is 9.47 Å². The highest BCUT2D eigenvalue weighted by Crippen LogP contribution is 2.27. The van der Waals surface area contributed by atoms with Crippen molar-refractivity contribution in [2.45, 2.75) is 32.1 Å². The highest BCUT2D eigenvalue weighted by atomic mass is 16.5. The molecule has 7 heteroatoms. The Labute approximate surface area is 176 Å². The summed E-state index contributed by atoms with van der Waals surface area (Å²) >= 11 is 0. The van der Waals surface area contributed by atoms with E-state index in [9.17, 15) is 9.59 Å². The summed E-state index contributed by atoms with van der Waals surface area (Å²) in [6.45, 7) is 0. The first-order chi connectivity index (χ1) is 14.6. The second-order valence-corrected chi connectivity index (χ2v) is 7.22. The van der Waals surface area contributed by atoms with Gasteiger partial charge in [0.1, 0.15) is 0 Å². The van der Waals surface area contributed by atoms with E-state index < -0.39 is 0 Å². The van der Waals surface area contributed by atoms with Gasteiger partial charge in [0.15, 0.2) is 11.5 Å². The van der Waals surface area contributed by atoms with Gasteiger partial charge in [-0.25, -0.2) is 5.43 Å². The van der Waals surface area contributed by atoms with Gasteiger partial charge in [-0.05, 0) is 60.9 Å². The zero-order chi connectivity index (χ0) is 21.3. The molecule has 0 aromatic heterocycles. The third-order valence-corrected chi connectivity index (χ3v) is 5.18. The minimum atomic E-state index is -0.336. The predicted octanol–water partition coefficient (Wildman–Crippen LogP) is 3.99. The lowest BCUT2D eigenvalue weighted by molar-refractivity contribution is -0.120. The average Bonchev–Trinajstić information content (AvgIpc) is 2.79. The number of ether oxygens (including phenoxy) is 2. The van der Waals surface area contributed by atoms with Crippen molar-refractivity contribution >= 4 is 23.7 Å². The molecular formula is C23H27N3O4. The van der Waals surface area contributed by atoms with E-state index in [0.29, 0.717) is 22.7 Å². The molecule has 2 aromatic carbocycles. The number of methoxy groups -OCH3 is 2. The van der Waals surface area contributed by atoms with Crippen LogP contribution in [0.2, 0.25) is 0 Å². The van der Waals surface area contributed by atoms with Crippen LogP contribution in [0, 0.1) is 5.92 Å². The van der Waals surface area contributed by atoms with E-state index in [-0.39, 0.29) is 17.7 Å². The normalized spacial score (nSPS) is 14.3. The third kappa shape index (κ3) is 5.59. The molecule has 0 aliphatic heterocycles. The summed E-state index contributed by atoms with van der Waals surface area (Å²) < 4.78 is 10.4. The highest BCUT2D eigenvalue weighted by molar-refractivity contribution is 5.96. The number of carbonyl (C=O) groups excluding carboxylic acids is 2. The Hall–Kier alpha value is -3.35. The number of hydrazone groups is 1. The minimum Gasteiger partial charge on any atom is -0.493 e. The zero-order valence-electron chi connectivity index (χ0n) is 17.3. The monoisotopic (exact) mass is 409 g/mol. The third-order valence-electron chi connectivity index (χ3n) is 5.18. The SMILES string of the molecule is COc1ccc(C=NNC(=O)c2ccc(NC(=O)C3CCCCC3)cc2)cc1OC. The van der Waals surface area contributed by atoms with Gasteiger partial charge >= 0.3 is 0 Å². The number of hydrogen-bond donors (Lipinski definition) is 2. The zero-order valence-corrected chi connectivity index (χ0v) is 17.3. The molecule has 0 saturated heterocycles. The van der Waals surface area contributed by atoms with Crippen molar-refractivity contribution in [1.82, 2.24) is 5.43 Å². The van der Waals surface area contributed by atoms with Crippen LogP contribution in [0.5, 0.6) is 11.5 Å². The number of nitrogens with zero attached hydrogens (tertiary/aromatic N) is 1. The van der Waals surface area contributed by atoms with Crippen LogP contribution in [0.25, 0.3) is 0 Å². The summed E-state index contributed by atoms with van der Waals surface area (Å²) in [6.07, 6.45) is 6.86. The maximum atomic E-state index is 12.3. The Kier molecular flexibility index (Phi) is 7.43. The smallest absolute Gasteiger partial charge is 0.271 e. The van der Waals surface area contributed by atoms with Gasteiger partial charge in [-0.2, -0.15) is 5.10 Å². The molecule has 2 aromatic rings. The van der Waals surface area contributed by atoms with Crippen LogP contribution in [0.1, 0.15) is 48.0 Å². The molecule has 7 nitrogen and oxygen atoms in total. The molecule has 0 bridgehead atoms. The van der Waals surface area contributed by atoms with Crippen molar-refractivity contribution in [1.29, 1.82) is 0 Å². The average molecular weight is 409 g/mol. The first-order valence-electron chi connectivity index (χ1n) is 10.1. The van der Waals surface area contributed by atoms with Crippen LogP contribution in [0.3, 0.4) is 0 Å². The number of nitrogens with one attached hydrogen (secondary N) is 2. The molecule has 2 N–H and O–H groups in total. The lowest BCUT2D eigenvalue weighted by atomic mass is 9.88. The Morgan fingerprint density at radius 3 is 2.33 bits per heavy atom. The van der Waals surface area contributed by atoms with Crippen molar-refractivity contribution in [3.05, 3.63) is 53.6 Å². The number of benzene rings is 2. The second kappa shape index (κ2) is 10.4. The quantitative estimate of drug-likeness (QED) is 0.535. The molecule has 1 aliphatic carbocycles. The largest absolute Gasteiger partial charge is 0.493 e. The van der Waals surface area contributed by atoms with E-state index in [2.05, 4.69) is 15.8 Å². The topological polar surface area (TPSA) is 89.0 Å². The molecule has 2 amide bonds. The fourth-order valence-electron chi connectivity index (χ4n) is 3.48. The summed E-state index contributed by atoms with van der Waals surface area (Å²) in [6, 6.07) is 12.1. The lowest BCUT2D eigenvalue weighted by Crippen LogP contribution is -2.24. The van der Waals surface area contributed by atoms with Gasteiger partial charge in [-0.1, -0.05) is 19.3 Å².